The molecule has 1 N–H and O–H groups in total. The number of nitrogens with one attached hydrogen (secondary N) is 1. The van der Waals surface area contributed by atoms with Gasteiger partial charge in [-0.15, -0.1) is 11.8 Å². The molecule has 124 valence electrons. The van der Waals surface area contributed by atoms with E-state index >= 15 is 0 Å². The van der Waals surface area contributed by atoms with Gasteiger partial charge in [0.25, 0.3) is 0 Å². The molecule has 0 atom stereocenters. The van der Waals surface area contributed by atoms with Gasteiger partial charge in [0.05, 0.1) is 16.3 Å². The topological polar surface area (TPSA) is 55.4 Å². The summed E-state index contributed by atoms with van der Waals surface area (Å²) in [5, 5.41) is 2.96. The van der Waals surface area contributed by atoms with Gasteiger partial charge in [0.1, 0.15) is 12.4 Å². The van der Waals surface area contributed by atoms with Crippen LogP contribution in [0.25, 0.3) is 0 Å². The van der Waals surface area contributed by atoms with E-state index in [-0.39, 0.29) is 28.7 Å². The van der Waals surface area contributed by atoms with Crippen molar-refractivity contribution in [2.24, 2.45) is 0 Å². The van der Waals surface area contributed by atoms with E-state index in [2.05, 4.69) is 5.32 Å². The first-order valence-corrected chi connectivity index (χ1v) is 8.57. The number of anilines is 1. The van der Waals surface area contributed by atoms with Crippen LogP contribution in [0.15, 0.2) is 41.3 Å². The van der Waals surface area contributed by atoms with Gasteiger partial charge in [-0.25, -0.2) is 9.18 Å². The van der Waals surface area contributed by atoms with Crippen molar-refractivity contribution in [3.8, 4) is 0 Å². The molecule has 4 nitrogen and oxygen atoms in total. The lowest BCUT2D eigenvalue weighted by Gasteiger charge is -2.10. The second-order valence-electron chi connectivity index (χ2n) is 5.13. The van der Waals surface area contributed by atoms with Crippen LogP contribution in [0.3, 0.4) is 0 Å². The number of fused-ring (bicyclic) bond motifs is 1. The molecule has 24 heavy (non-hydrogen) atoms. The molecule has 0 aromatic heterocycles. The Bertz CT molecular complexity index is 792. The molecule has 7 heteroatoms. The maximum absolute atomic E-state index is 13.7. The molecule has 0 saturated heterocycles. The zero-order valence-corrected chi connectivity index (χ0v) is 14.0. The predicted octanol–water partition coefficient (Wildman–Crippen LogP) is 4.27. The van der Waals surface area contributed by atoms with Crippen LogP contribution in [0.4, 0.5) is 10.1 Å². The average Bonchev–Trinajstić information content (AvgIpc) is 2.74. The van der Waals surface area contributed by atoms with E-state index in [1.165, 1.54) is 18.2 Å². The number of ether oxygens (including phenoxy) is 1. The van der Waals surface area contributed by atoms with Crippen molar-refractivity contribution >= 4 is 40.9 Å². The molecule has 1 amide bonds. The van der Waals surface area contributed by atoms with Gasteiger partial charge in [-0.05, 0) is 30.3 Å². The molecule has 0 aliphatic carbocycles. The summed E-state index contributed by atoms with van der Waals surface area (Å²) in [6.07, 6.45) is 0.422. The third-order valence-corrected chi connectivity index (χ3v) is 4.91. The highest BCUT2D eigenvalue weighted by Gasteiger charge is 2.17. The van der Waals surface area contributed by atoms with Crippen LogP contribution in [0.5, 0.6) is 0 Å². The van der Waals surface area contributed by atoms with E-state index in [1.807, 2.05) is 0 Å². The maximum Gasteiger partial charge on any atom is 0.338 e. The summed E-state index contributed by atoms with van der Waals surface area (Å²) < 4.78 is 18.8. The number of hydrogen-bond donors (Lipinski definition) is 1. The Morgan fingerprint density at radius 2 is 2.17 bits per heavy atom. The van der Waals surface area contributed by atoms with Crippen LogP contribution < -0.4 is 5.32 Å². The maximum atomic E-state index is 13.7. The van der Waals surface area contributed by atoms with E-state index < -0.39 is 11.8 Å². The standard InChI is InChI=1S/C17H13ClFNO3S/c18-12-2-1-3-13(19)11(12)9-23-17(22)10-4-5-15-14(8-10)20-16(21)6-7-24-15/h1-5,8H,6-7,9H2,(H,20,21). The first-order valence-electron chi connectivity index (χ1n) is 7.21. The fourth-order valence-corrected chi connectivity index (χ4v) is 3.39. The van der Waals surface area contributed by atoms with Crippen molar-refractivity contribution in [3.05, 3.63) is 58.4 Å². The van der Waals surface area contributed by atoms with Gasteiger partial charge in [-0.3, -0.25) is 4.79 Å². The molecular weight excluding hydrogens is 353 g/mol. The van der Waals surface area contributed by atoms with Gasteiger partial charge in [0, 0.05) is 22.6 Å². The minimum absolute atomic E-state index is 0.0927. The zero-order valence-electron chi connectivity index (χ0n) is 12.5. The molecular formula is C17H13ClFNO3S. The lowest BCUT2D eigenvalue weighted by Crippen LogP contribution is -2.11. The fraction of sp³-hybridized carbons (Fsp3) is 0.176. The average molecular weight is 366 g/mol. The lowest BCUT2D eigenvalue weighted by molar-refractivity contribution is -0.115. The quantitative estimate of drug-likeness (QED) is 0.825. The molecule has 1 heterocycles. The molecule has 0 bridgehead atoms. The normalized spacial score (nSPS) is 13.7. The third kappa shape index (κ3) is 3.71. The Morgan fingerprint density at radius 3 is 2.96 bits per heavy atom. The minimum atomic E-state index is -0.611. The summed E-state index contributed by atoms with van der Waals surface area (Å²) in [4.78, 5) is 24.7. The van der Waals surface area contributed by atoms with Crippen LogP contribution in [0.2, 0.25) is 5.02 Å². The smallest absolute Gasteiger partial charge is 0.338 e. The van der Waals surface area contributed by atoms with E-state index in [0.29, 0.717) is 17.9 Å². The summed E-state index contributed by atoms with van der Waals surface area (Å²) in [6, 6.07) is 9.21. The van der Waals surface area contributed by atoms with Crippen LogP contribution in [0, 0.1) is 5.82 Å². The van der Waals surface area contributed by atoms with Crippen molar-refractivity contribution in [1.29, 1.82) is 0 Å². The second-order valence-corrected chi connectivity index (χ2v) is 6.68. The summed E-state index contributed by atoms with van der Waals surface area (Å²) in [7, 11) is 0. The van der Waals surface area contributed by atoms with Crippen molar-refractivity contribution in [2.45, 2.75) is 17.9 Å². The summed E-state index contributed by atoms with van der Waals surface area (Å²) in [5.74, 6) is -0.541. The zero-order chi connectivity index (χ0) is 17.1. The van der Waals surface area contributed by atoms with Crippen LogP contribution in [0.1, 0.15) is 22.3 Å². The molecule has 2 aromatic rings. The number of carbonyl (C=O) groups excluding carboxylic acids is 2. The summed E-state index contributed by atoms with van der Waals surface area (Å²) in [5.41, 5.74) is 0.996. The van der Waals surface area contributed by atoms with Gasteiger partial charge in [0.15, 0.2) is 0 Å². The van der Waals surface area contributed by atoms with Gasteiger partial charge in [0.2, 0.25) is 5.91 Å². The van der Waals surface area contributed by atoms with Gasteiger partial charge >= 0.3 is 5.97 Å². The molecule has 0 unspecified atom stereocenters. The Kier molecular flexibility index (Phi) is 5.06. The highest BCUT2D eigenvalue weighted by atomic mass is 35.5. The van der Waals surface area contributed by atoms with E-state index in [0.717, 1.165) is 4.90 Å². The third-order valence-electron chi connectivity index (χ3n) is 3.49. The highest BCUT2D eigenvalue weighted by Crippen LogP contribution is 2.31. The fourth-order valence-electron chi connectivity index (χ4n) is 2.24. The molecule has 0 saturated carbocycles. The number of hydrogen-bond acceptors (Lipinski definition) is 4. The number of halogens is 2. The molecule has 3 rings (SSSR count). The molecule has 1 aliphatic heterocycles. The Balaban J connectivity index is 1.75. The SMILES string of the molecule is O=C1CCSc2ccc(C(=O)OCc3c(F)cccc3Cl)cc2N1. The van der Waals surface area contributed by atoms with Crippen molar-refractivity contribution in [1.82, 2.24) is 0 Å². The number of thioether (sulfide) groups is 1. The van der Waals surface area contributed by atoms with E-state index in [1.54, 1.807) is 30.0 Å². The van der Waals surface area contributed by atoms with E-state index in [4.69, 9.17) is 16.3 Å². The molecule has 0 fully saturated rings. The van der Waals surface area contributed by atoms with Crippen LogP contribution >= 0.6 is 23.4 Å². The predicted molar refractivity (Wildman–Crippen MR) is 90.9 cm³/mol. The summed E-state index contributed by atoms with van der Waals surface area (Å²) >= 11 is 7.45. The number of amides is 1. The largest absolute Gasteiger partial charge is 0.457 e. The monoisotopic (exact) mass is 365 g/mol. The van der Waals surface area contributed by atoms with Crippen molar-refractivity contribution < 1.29 is 18.7 Å². The number of carbonyl (C=O) groups is 2. The molecule has 1 aliphatic rings. The Hall–Kier alpha value is -2.05. The number of rotatable bonds is 3. The second kappa shape index (κ2) is 7.23. The molecule has 0 spiro atoms. The molecule has 2 aromatic carbocycles. The summed E-state index contributed by atoms with van der Waals surface area (Å²) in [6.45, 7) is -0.261. The van der Waals surface area contributed by atoms with Gasteiger partial charge in [-0.1, -0.05) is 17.7 Å². The van der Waals surface area contributed by atoms with Crippen molar-refractivity contribution in [3.63, 3.8) is 0 Å². The first-order chi connectivity index (χ1) is 11.5. The highest BCUT2D eigenvalue weighted by molar-refractivity contribution is 7.99. The minimum Gasteiger partial charge on any atom is -0.457 e. The Morgan fingerprint density at radius 1 is 1.33 bits per heavy atom. The van der Waals surface area contributed by atoms with Gasteiger partial charge in [-0.2, -0.15) is 0 Å². The molecule has 0 radical (unpaired) electrons. The number of benzene rings is 2. The number of esters is 1. The van der Waals surface area contributed by atoms with Crippen LogP contribution in [-0.4, -0.2) is 17.6 Å². The van der Waals surface area contributed by atoms with Crippen LogP contribution in [-0.2, 0) is 16.1 Å². The van der Waals surface area contributed by atoms with E-state index in [9.17, 15) is 14.0 Å². The lowest BCUT2D eigenvalue weighted by atomic mass is 10.2. The first kappa shape index (κ1) is 16.8. The Labute approximate surface area is 147 Å². The van der Waals surface area contributed by atoms with Crippen molar-refractivity contribution in [2.75, 3.05) is 11.1 Å². The van der Waals surface area contributed by atoms with Gasteiger partial charge < -0.3 is 10.1 Å².